The number of amides is 1. The predicted octanol–water partition coefficient (Wildman–Crippen LogP) is 5.56. The highest BCUT2D eigenvalue weighted by atomic mass is 16.3. The van der Waals surface area contributed by atoms with E-state index in [-0.39, 0.29) is 11.8 Å². The number of carbonyl (C=O) groups is 1. The molecule has 3 aromatic rings. The highest BCUT2D eigenvalue weighted by molar-refractivity contribution is 5.83. The molecule has 5 heteroatoms. The molecule has 0 aliphatic heterocycles. The van der Waals surface area contributed by atoms with E-state index >= 15 is 0 Å². The van der Waals surface area contributed by atoms with Gasteiger partial charge in [-0.25, -0.2) is 0 Å². The van der Waals surface area contributed by atoms with Crippen molar-refractivity contribution in [2.24, 2.45) is 18.9 Å². The van der Waals surface area contributed by atoms with Gasteiger partial charge in [0.1, 0.15) is 5.75 Å². The SMILES string of the molecule is CC(C)CN(Cc1cc(O)c2c(c1)CCCCC2)C(=O)C(C)CNCc1cccc2ccn(C)c12. The third-order valence-electron chi connectivity index (χ3n) is 7.19. The van der Waals surface area contributed by atoms with Gasteiger partial charge in [0, 0.05) is 45.3 Å². The highest BCUT2D eigenvalue weighted by Crippen LogP contribution is 2.30. The van der Waals surface area contributed by atoms with Crippen molar-refractivity contribution in [1.82, 2.24) is 14.8 Å². The van der Waals surface area contributed by atoms with Gasteiger partial charge in [-0.15, -0.1) is 0 Å². The van der Waals surface area contributed by atoms with E-state index < -0.39 is 0 Å². The van der Waals surface area contributed by atoms with Crippen LogP contribution in [0.3, 0.4) is 0 Å². The van der Waals surface area contributed by atoms with Crippen LogP contribution in [-0.4, -0.2) is 33.6 Å². The van der Waals surface area contributed by atoms with E-state index in [9.17, 15) is 9.90 Å². The second-order valence-electron chi connectivity index (χ2n) is 10.7. The molecule has 1 heterocycles. The average molecular weight is 476 g/mol. The van der Waals surface area contributed by atoms with Gasteiger partial charge >= 0.3 is 0 Å². The van der Waals surface area contributed by atoms with Crippen LogP contribution in [0.1, 0.15) is 62.3 Å². The molecule has 35 heavy (non-hydrogen) atoms. The molecule has 1 aromatic heterocycles. The monoisotopic (exact) mass is 475 g/mol. The Balaban J connectivity index is 1.42. The summed E-state index contributed by atoms with van der Waals surface area (Å²) in [6, 6.07) is 12.6. The molecule has 4 rings (SSSR count). The summed E-state index contributed by atoms with van der Waals surface area (Å²) >= 11 is 0. The summed E-state index contributed by atoms with van der Waals surface area (Å²) in [4.78, 5) is 15.5. The minimum atomic E-state index is -0.129. The summed E-state index contributed by atoms with van der Waals surface area (Å²) in [5.41, 5.74) is 5.89. The molecule has 1 aliphatic rings. The maximum atomic E-state index is 13.5. The number of phenols is 1. The van der Waals surface area contributed by atoms with Crippen LogP contribution in [0.2, 0.25) is 0 Å². The lowest BCUT2D eigenvalue weighted by atomic mass is 9.98. The molecule has 0 fully saturated rings. The van der Waals surface area contributed by atoms with Crippen molar-refractivity contribution < 1.29 is 9.90 Å². The van der Waals surface area contributed by atoms with Gasteiger partial charge in [-0.1, -0.05) is 51.5 Å². The second kappa shape index (κ2) is 11.3. The Morgan fingerprint density at radius 2 is 1.91 bits per heavy atom. The Hall–Kier alpha value is -2.79. The second-order valence-corrected chi connectivity index (χ2v) is 10.7. The lowest BCUT2D eigenvalue weighted by molar-refractivity contribution is -0.136. The number of nitrogens with zero attached hydrogens (tertiary/aromatic N) is 2. The standard InChI is InChI=1S/C30H41N3O2/c1-21(2)19-33(20-23-15-25-9-6-5-7-12-27(25)28(34)16-23)30(35)22(3)17-31-18-26-11-8-10-24-13-14-32(4)29(24)26/h8,10-11,13-16,21-22,31,34H,5-7,9,12,17-20H2,1-4H3. The van der Waals surface area contributed by atoms with Crippen molar-refractivity contribution in [2.75, 3.05) is 13.1 Å². The first-order valence-electron chi connectivity index (χ1n) is 13.2. The van der Waals surface area contributed by atoms with Crippen molar-refractivity contribution in [3.05, 3.63) is 64.8 Å². The summed E-state index contributed by atoms with van der Waals surface area (Å²) in [6.45, 7) is 8.94. The molecule has 188 valence electrons. The molecule has 0 radical (unpaired) electrons. The molecular weight excluding hydrogens is 434 g/mol. The van der Waals surface area contributed by atoms with Gasteiger partial charge in [0.25, 0.3) is 0 Å². The Morgan fingerprint density at radius 1 is 1.11 bits per heavy atom. The van der Waals surface area contributed by atoms with E-state index in [1.165, 1.54) is 34.9 Å². The largest absolute Gasteiger partial charge is 0.508 e. The minimum Gasteiger partial charge on any atom is -0.508 e. The molecule has 1 atom stereocenters. The molecular formula is C30H41N3O2. The summed E-state index contributed by atoms with van der Waals surface area (Å²) < 4.78 is 2.15. The Labute approximate surface area is 210 Å². The lowest BCUT2D eigenvalue weighted by Crippen LogP contribution is -2.40. The van der Waals surface area contributed by atoms with E-state index in [4.69, 9.17) is 0 Å². The van der Waals surface area contributed by atoms with Crippen molar-refractivity contribution in [1.29, 1.82) is 0 Å². The molecule has 2 aromatic carbocycles. The van der Waals surface area contributed by atoms with Crippen LogP contribution in [0.15, 0.2) is 42.6 Å². The van der Waals surface area contributed by atoms with Crippen molar-refractivity contribution in [2.45, 2.75) is 66.0 Å². The molecule has 0 spiro atoms. The number of para-hydroxylation sites is 1. The maximum Gasteiger partial charge on any atom is 0.226 e. The molecule has 0 saturated heterocycles. The smallest absolute Gasteiger partial charge is 0.226 e. The first-order chi connectivity index (χ1) is 16.8. The number of phenolic OH excluding ortho intramolecular Hbond substituents is 1. The molecule has 1 amide bonds. The lowest BCUT2D eigenvalue weighted by Gasteiger charge is -2.28. The van der Waals surface area contributed by atoms with Gasteiger partial charge in [0.05, 0.1) is 5.52 Å². The number of hydrogen-bond donors (Lipinski definition) is 2. The van der Waals surface area contributed by atoms with Crippen molar-refractivity contribution in [3.8, 4) is 5.75 Å². The van der Waals surface area contributed by atoms with E-state index in [0.717, 1.165) is 36.9 Å². The topological polar surface area (TPSA) is 57.5 Å². The first kappa shape index (κ1) is 25.3. The van der Waals surface area contributed by atoms with E-state index in [1.807, 2.05) is 17.9 Å². The molecule has 1 unspecified atom stereocenters. The number of fused-ring (bicyclic) bond motifs is 2. The van der Waals surface area contributed by atoms with Crippen molar-refractivity contribution in [3.63, 3.8) is 0 Å². The van der Waals surface area contributed by atoms with Crippen LogP contribution >= 0.6 is 0 Å². The van der Waals surface area contributed by atoms with Crippen LogP contribution in [0.25, 0.3) is 10.9 Å². The quantitative estimate of drug-likeness (QED) is 0.398. The fraction of sp³-hybridized carbons (Fsp3) is 0.500. The summed E-state index contributed by atoms with van der Waals surface area (Å²) in [6.07, 6.45) is 7.58. The zero-order chi connectivity index (χ0) is 24.9. The van der Waals surface area contributed by atoms with Gasteiger partial charge in [-0.05, 0) is 71.4 Å². The average Bonchev–Trinajstić information content (AvgIpc) is 3.04. The van der Waals surface area contributed by atoms with Gasteiger partial charge in [0.2, 0.25) is 5.91 Å². The van der Waals surface area contributed by atoms with Crippen LogP contribution in [0, 0.1) is 11.8 Å². The summed E-state index contributed by atoms with van der Waals surface area (Å²) in [5, 5.41) is 15.5. The Kier molecular flexibility index (Phi) is 8.17. The van der Waals surface area contributed by atoms with Crippen molar-refractivity contribution >= 4 is 16.8 Å². The number of rotatable bonds is 9. The zero-order valence-corrected chi connectivity index (χ0v) is 21.8. The normalized spacial score (nSPS) is 14.7. The summed E-state index contributed by atoms with van der Waals surface area (Å²) in [7, 11) is 2.07. The number of aromatic nitrogens is 1. The van der Waals surface area contributed by atoms with E-state index in [1.54, 1.807) is 0 Å². The van der Waals surface area contributed by atoms with E-state index in [2.05, 4.69) is 67.3 Å². The van der Waals surface area contributed by atoms with E-state index in [0.29, 0.717) is 31.3 Å². The number of aryl methyl sites for hydroxylation is 2. The highest BCUT2D eigenvalue weighted by Gasteiger charge is 2.23. The van der Waals surface area contributed by atoms with Crippen LogP contribution in [-0.2, 0) is 37.8 Å². The van der Waals surface area contributed by atoms with Gasteiger partial charge < -0.3 is 19.9 Å². The summed E-state index contributed by atoms with van der Waals surface area (Å²) in [5.74, 6) is 0.817. The molecule has 2 N–H and O–H groups in total. The molecule has 1 aliphatic carbocycles. The van der Waals surface area contributed by atoms with Crippen LogP contribution in [0.5, 0.6) is 5.75 Å². The third kappa shape index (κ3) is 6.07. The maximum absolute atomic E-state index is 13.5. The van der Waals surface area contributed by atoms with Gasteiger partial charge in [-0.3, -0.25) is 4.79 Å². The molecule has 5 nitrogen and oxygen atoms in total. The number of benzene rings is 2. The number of nitrogens with one attached hydrogen (secondary N) is 1. The number of carbonyl (C=O) groups excluding carboxylic acids is 1. The van der Waals surface area contributed by atoms with Gasteiger partial charge in [-0.2, -0.15) is 0 Å². The number of aromatic hydroxyl groups is 1. The first-order valence-corrected chi connectivity index (χ1v) is 13.2. The predicted molar refractivity (Wildman–Crippen MR) is 143 cm³/mol. The minimum absolute atomic E-state index is 0.129. The molecule has 0 saturated carbocycles. The molecule has 0 bridgehead atoms. The Morgan fingerprint density at radius 3 is 2.71 bits per heavy atom. The van der Waals surface area contributed by atoms with Crippen LogP contribution < -0.4 is 5.32 Å². The number of hydrogen-bond acceptors (Lipinski definition) is 3. The Bertz CT molecular complexity index is 1160. The third-order valence-corrected chi connectivity index (χ3v) is 7.19. The van der Waals surface area contributed by atoms with Gasteiger partial charge in [0.15, 0.2) is 0 Å². The fourth-order valence-corrected chi connectivity index (χ4v) is 5.48. The fourth-order valence-electron chi connectivity index (χ4n) is 5.48. The zero-order valence-electron chi connectivity index (χ0n) is 21.8. The van der Waals surface area contributed by atoms with Crippen LogP contribution in [0.4, 0.5) is 0 Å².